The molecular formula is C29H40N6O4Si. The van der Waals surface area contributed by atoms with Crippen molar-refractivity contribution >= 4 is 19.8 Å². The predicted molar refractivity (Wildman–Crippen MR) is 159 cm³/mol. The summed E-state index contributed by atoms with van der Waals surface area (Å²) in [5.41, 5.74) is 6.30. The average molecular weight is 565 g/mol. The summed E-state index contributed by atoms with van der Waals surface area (Å²) in [6.07, 6.45) is 2.50. The topological polar surface area (TPSA) is 107 Å². The smallest absolute Gasteiger partial charge is 0.407 e. The molecule has 0 radical (unpaired) electrons. The van der Waals surface area contributed by atoms with Crippen LogP contribution in [0.25, 0.3) is 28.2 Å². The van der Waals surface area contributed by atoms with Crippen LogP contribution in [0.15, 0.2) is 42.9 Å². The van der Waals surface area contributed by atoms with Gasteiger partial charge in [0, 0.05) is 44.6 Å². The zero-order chi connectivity index (χ0) is 29.2. The summed E-state index contributed by atoms with van der Waals surface area (Å²) in [6, 6.07) is 10.7. The number of carboxylic acid groups (broad SMARTS) is 1. The van der Waals surface area contributed by atoms with Gasteiger partial charge in [-0.25, -0.2) is 19.0 Å². The molecule has 1 atom stereocenters. The van der Waals surface area contributed by atoms with Crippen LogP contribution in [0.1, 0.15) is 43.9 Å². The van der Waals surface area contributed by atoms with Crippen LogP contribution in [-0.4, -0.2) is 69.3 Å². The van der Waals surface area contributed by atoms with Crippen LogP contribution < -0.4 is 4.74 Å². The first-order chi connectivity index (χ1) is 18.9. The van der Waals surface area contributed by atoms with Crippen molar-refractivity contribution < 1.29 is 19.4 Å². The number of rotatable bonds is 11. The summed E-state index contributed by atoms with van der Waals surface area (Å²) < 4.78 is 15.5. The third-order valence-electron chi connectivity index (χ3n) is 7.16. The van der Waals surface area contributed by atoms with Gasteiger partial charge in [0.2, 0.25) is 0 Å². The Hall–Kier alpha value is -3.70. The minimum atomic E-state index is -1.24. The summed E-state index contributed by atoms with van der Waals surface area (Å²) in [6.45, 7) is 14.2. The van der Waals surface area contributed by atoms with E-state index in [0.29, 0.717) is 24.7 Å². The Balaban J connectivity index is 1.82. The van der Waals surface area contributed by atoms with Crippen LogP contribution in [0.3, 0.4) is 0 Å². The molecule has 0 aliphatic carbocycles. The van der Waals surface area contributed by atoms with Gasteiger partial charge in [0.05, 0.1) is 24.5 Å². The number of nitrogens with zero attached hydrogens (tertiary/aromatic N) is 6. The predicted octanol–water partition coefficient (Wildman–Crippen LogP) is 6.37. The molecule has 0 aliphatic heterocycles. The quantitative estimate of drug-likeness (QED) is 0.166. The second-order valence-corrected chi connectivity index (χ2v) is 17.3. The summed E-state index contributed by atoms with van der Waals surface area (Å²) in [5.74, 6) is 0.773. The van der Waals surface area contributed by atoms with E-state index in [1.165, 1.54) is 11.2 Å². The van der Waals surface area contributed by atoms with Crippen molar-refractivity contribution in [1.82, 2.24) is 29.3 Å². The zero-order valence-electron chi connectivity index (χ0n) is 24.7. The number of pyridine rings is 1. The molecule has 3 heterocycles. The molecule has 11 heteroatoms. The molecule has 0 fully saturated rings. The number of methoxy groups -OCH3 is 1. The highest BCUT2D eigenvalue weighted by molar-refractivity contribution is 6.76. The number of hydrogen-bond donors (Lipinski definition) is 1. The fraction of sp³-hybridized carbons (Fsp3) is 0.448. The van der Waals surface area contributed by atoms with Crippen LogP contribution in [-0.2, 0) is 11.5 Å². The van der Waals surface area contributed by atoms with E-state index in [9.17, 15) is 9.90 Å². The fourth-order valence-corrected chi connectivity index (χ4v) is 5.40. The van der Waals surface area contributed by atoms with Crippen molar-refractivity contribution in [2.24, 2.45) is 0 Å². The molecule has 1 amide bonds. The molecule has 0 spiro atoms. The lowest BCUT2D eigenvalue weighted by atomic mass is 9.93. The summed E-state index contributed by atoms with van der Waals surface area (Å²) in [7, 11) is 1.96. The SMILES string of the molecule is COc1cc(-c2c(C(C)C)c(-c3ccc(C(C)N(C)C(=O)O)cc3)nn2COCC[Si](C)(C)C)cn2ncnc12. The van der Waals surface area contributed by atoms with Crippen molar-refractivity contribution in [3.8, 4) is 28.3 Å². The number of hydrogen-bond acceptors (Lipinski definition) is 6. The molecule has 0 bridgehead atoms. The van der Waals surface area contributed by atoms with Crippen LogP contribution in [0.4, 0.5) is 4.79 Å². The van der Waals surface area contributed by atoms with Gasteiger partial charge in [-0.1, -0.05) is 57.8 Å². The van der Waals surface area contributed by atoms with Crippen molar-refractivity contribution in [1.29, 1.82) is 0 Å². The number of ether oxygens (including phenoxy) is 2. The molecule has 0 saturated carbocycles. The third kappa shape index (κ3) is 6.20. The van der Waals surface area contributed by atoms with Crippen LogP contribution in [0.2, 0.25) is 25.7 Å². The van der Waals surface area contributed by atoms with E-state index in [2.05, 4.69) is 43.6 Å². The normalized spacial score (nSPS) is 12.7. The van der Waals surface area contributed by atoms with E-state index in [0.717, 1.165) is 39.7 Å². The molecule has 1 aromatic carbocycles. The van der Waals surface area contributed by atoms with Crippen LogP contribution in [0.5, 0.6) is 5.75 Å². The van der Waals surface area contributed by atoms with Gasteiger partial charge in [0.1, 0.15) is 13.1 Å². The van der Waals surface area contributed by atoms with Crippen molar-refractivity contribution in [2.75, 3.05) is 20.8 Å². The maximum Gasteiger partial charge on any atom is 0.407 e. The molecule has 1 N–H and O–H groups in total. The first-order valence-electron chi connectivity index (χ1n) is 13.5. The lowest BCUT2D eigenvalue weighted by Gasteiger charge is -2.22. The Morgan fingerprint density at radius 3 is 2.42 bits per heavy atom. The van der Waals surface area contributed by atoms with E-state index < -0.39 is 14.2 Å². The Labute approximate surface area is 236 Å². The Bertz CT molecular complexity index is 1470. The van der Waals surface area contributed by atoms with E-state index in [1.807, 2.05) is 48.1 Å². The number of carbonyl (C=O) groups is 1. The van der Waals surface area contributed by atoms with Crippen LogP contribution in [0, 0.1) is 0 Å². The highest BCUT2D eigenvalue weighted by Crippen LogP contribution is 2.39. The van der Waals surface area contributed by atoms with Crippen molar-refractivity contribution in [3.05, 3.63) is 54.0 Å². The highest BCUT2D eigenvalue weighted by Gasteiger charge is 2.25. The van der Waals surface area contributed by atoms with E-state index in [1.54, 1.807) is 18.7 Å². The summed E-state index contributed by atoms with van der Waals surface area (Å²) in [5, 5.41) is 18.8. The summed E-state index contributed by atoms with van der Waals surface area (Å²) in [4.78, 5) is 17.1. The molecule has 3 aromatic heterocycles. The molecule has 0 aliphatic rings. The third-order valence-corrected chi connectivity index (χ3v) is 8.86. The largest absolute Gasteiger partial charge is 0.493 e. The van der Waals surface area contributed by atoms with Gasteiger partial charge in [-0.3, -0.25) is 0 Å². The van der Waals surface area contributed by atoms with Gasteiger partial charge in [-0.2, -0.15) is 10.2 Å². The number of aromatic nitrogens is 5. The highest BCUT2D eigenvalue weighted by atomic mass is 28.3. The minimum absolute atomic E-state index is 0.148. The molecule has 214 valence electrons. The number of benzene rings is 1. The lowest BCUT2D eigenvalue weighted by Crippen LogP contribution is -2.27. The second-order valence-electron chi connectivity index (χ2n) is 11.6. The fourth-order valence-electron chi connectivity index (χ4n) is 4.65. The van der Waals surface area contributed by atoms with Gasteiger partial charge in [0.25, 0.3) is 0 Å². The molecular weight excluding hydrogens is 524 g/mol. The maximum atomic E-state index is 11.5. The van der Waals surface area contributed by atoms with Gasteiger partial charge in [0.15, 0.2) is 11.4 Å². The van der Waals surface area contributed by atoms with E-state index in [4.69, 9.17) is 14.6 Å². The molecule has 4 aromatic rings. The van der Waals surface area contributed by atoms with Crippen molar-refractivity contribution in [2.45, 2.75) is 65.1 Å². The molecule has 0 saturated heterocycles. The number of fused-ring (bicyclic) bond motifs is 1. The Morgan fingerprint density at radius 2 is 1.82 bits per heavy atom. The van der Waals surface area contributed by atoms with E-state index >= 15 is 0 Å². The van der Waals surface area contributed by atoms with Gasteiger partial charge in [-0.15, -0.1) is 0 Å². The van der Waals surface area contributed by atoms with Crippen molar-refractivity contribution in [3.63, 3.8) is 0 Å². The van der Waals surface area contributed by atoms with Crippen LogP contribution >= 0.6 is 0 Å². The van der Waals surface area contributed by atoms with E-state index in [-0.39, 0.29) is 12.0 Å². The Kier molecular flexibility index (Phi) is 8.64. The minimum Gasteiger partial charge on any atom is -0.493 e. The molecule has 1 unspecified atom stereocenters. The Morgan fingerprint density at radius 1 is 1.12 bits per heavy atom. The molecule has 10 nitrogen and oxygen atoms in total. The average Bonchev–Trinajstić information content (AvgIpc) is 3.54. The monoisotopic (exact) mass is 564 g/mol. The summed E-state index contributed by atoms with van der Waals surface area (Å²) >= 11 is 0. The first-order valence-corrected chi connectivity index (χ1v) is 17.2. The number of amides is 1. The standard InChI is InChI=1S/C29H40N6O4Si/c1-19(2)25-26(22-11-9-21(10-12-22)20(3)33(4)29(36)37)32-35(18-39-13-14-40(6,7)8)27(25)23-15-24(38-5)28-30-17-31-34(28)16-23/h9-12,15-17,19-20H,13-14,18H2,1-8H3,(H,36,37). The van der Waals surface area contributed by atoms with Gasteiger partial charge >= 0.3 is 6.09 Å². The zero-order valence-corrected chi connectivity index (χ0v) is 25.7. The molecule has 40 heavy (non-hydrogen) atoms. The van der Waals surface area contributed by atoms with Gasteiger partial charge < -0.3 is 19.5 Å². The lowest BCUT2D eigenvalue weighted by molar-refractivity contribution is 0.0799. The second kappa shape index (κ2) is 11.8. The molecule has 4 rings (SSSR count). The van der Waals surface area contributed by atoms with Gasteiger partial charge in [-0.05, 0) is 30.5 Å². The maximum absolute atomic E-state index is 11.5. The first kappa shape index (κ1) is 29.3.